The van der Waals surface area contributed by atoms with Crippen LogP contribution >= 0.6 is 11.3 Å². The van der Waals surface area contributed by atoms with Gasteiger partial charge in [-0.25, -0.2) is 9.97 Å². The van der Waals surface area contributed by atoms with E-state index >= 15 is 0 Å². The Hall–Kier alpha value is -1.50. The molecule has 1 saturated heterocycles. The Morgan fingerprint density at radius 2 is 1.92 bits per heavy atom. The van der Waals surface area contributed by atoms with Crippen molar-refractivity contribution in [3.8, 4) is 10.6 Å². The van der Waals surface area contributed by atoms with Gasteiger partial charge in [-0.2, -0.15) is 0 Å². The Kier molecular flexibility index (Phi) is 4.64. The molecule has 0 bridgehead atoms. The molecule has 0 aliphatic carbocycles. The molecule has 24 heavy (non-hydrogen) atoms. The van der Waals surface area contributed by atoms with Gasteiger partial charge in [0.1, 0.15) is 0 Å². The Labute approximate surface area is 148 Å². The van der Waals surface area contributed by atoms with Crippen molar-refractivity contribution in [2.24, 2.45) is 5.73 Å². The minimum absolute atomic E-state index is 0.0980. The van der Waals surface area contributed by atoms with Gasteiger partial charge >= 0.3 is 0 Å². The summed E-state index contributed by atoms with van der Waals surface area (Å²) >= 11 is 1.69. The second kappa shape index (κ2) is 6.43. The number of aromatic nitrogens is 2. The van der Waals surface area contributed by atoms with Gasteiger partial charge in [-0.3, -0.25) is 0 Å². The molecule has 1 aliphatic heterocycles. The smallest absolute Gasteiger partial charge is 0.223 e. The summed E-state index contributed by atoms with van der Waals surface area (Å²) < 4.78 is 0. The van der Waals surface area contributed by atoms with Crippen LogP contribution < -0.4 is 16.4 Å². The second-order valence-electron chi connectivity index (χ2n) is 7.88. The fraction of sp³-hybridized carbons (Fsp3) is 0.556. The third-order valence-electron chi connectivity index (χ3n) is 4.29. The summed E-state index contributed by atoms with van der Waals surface area (Å²) in [5.41, 5.74) is 6.85. The zero-order valence-corrected chi connectivity index (χ0v) is 15.7. The van der Waals surface area contributed by atoms with E-state index < -0.39 is 0 Å². The topological polar surface area (TPSA) is 75.9 Å². The van der Waals surface area contributed by atoms with E-state index in [1.54, 1.807) is 11.3 Å². The molecule has 0 unspecified atom stereocenters. The molecule has 0 spiro atoms. The number of piperidine rings is 1. The molecule has 2 aromatic rings. The van der Waals surface area contributed by atoms with Crippen LogP contribution in [0.4, 0.5) is 5.95 Å². The summed E-state index contributed by atoms with van der Waals surface area (Å²) in [5.74, 6) is 0.702. The number of nitrogens with two attached hydrogens (primary N) is 1. The summed E-state index contributed by atoms with van der Waals surface area (Å²) in [5, 5.41) is 7.24. The second-order valence-corrected chi connectivity index (χ2v) is 9.05. The molecule has 1 fully saturated rings. The summed E-state index contributed by atoms with van der Waals surface area (Å²) in [6.45, 7) is 9.57. The average Bonchev–Trinajstić information content (AvgIpc) is 2.93. The molecular weight excluding hydrogens is 318 g/mol. The van der Waals surface area contributed by atoms with E-state index in [-0.39, 0.29) is 11.1 Å². The third-order valence-corrected chi connectivity index (χ3v) is 5.42. The SMILES string of the molecule is CC1(C)CC(Nc2nccc(-c3ccc(CN)s3)n2)CC(C)(C)N1. The molecule has 0 radical (unpaired) electrons. The number of nitrogens with one attached hydrogen (secondary N) is 2. The van der Waals surface area contributed by atoms with Crippen LogP contribution in [-0.2, 0) is 6.54 Å². The van der Waals surface area contributed by atoms with Crippen LogP contribution in [0.1, 0.15) is 45.4 Å². The molecule has 1 aliphatic rings. The molecule has 130 valence electrons. The zero-order valence-electron chi connectivity index (χ0n) is 14.9. The van der Waals surface area contributed by atoms with Crippen molar-refractivity contribution in [2.75, 3.05) is 5.32 Å². The monoisotopic (exact) mass is 345 g/mol. The van der Waals surface area contributed by atoms with Crippen LogP contribution in [0, 0.1) is 0 Å². The Bertz CT molecular complexity index is 691. The van der Waals surface area contributed by atoms with Crippen molar-refractivity contribution in [3.63, 3.8) is 0 Å². The Morgan fingerprint density at radius 1 is 1.21 bits per heavy atom. The summed E-state index contributed by atoms with van der Waals surface area (Å²) in [7, 11) is 0. The minimum Gasteiger partial charge on any atom is -0.351 e. The maximum absolute atomic E-state index is 5.71. The Morgan fingerprint density at radius 3 is 2.54 bits per heavy atom. The van der Waals surface area contributed by atoms with E-state index in [4.69, 9.17) is 10.7 Å². The van der Waals surface area contributed by atoms with Gasteiger partial charge in [0.15, 0.2) is 0 Å². The predicted molar refractivity (Wildman–Crippen MR) is 101 cm³/mol. The fourth-order valence-corrected chi connectivity index (χ4v) is 4.65. The first-order valence-corrected chi connectivity index (χ1v) is 9.26. The van der Waals surface area contributed by atoms with Crippen LogP contribution in [0.2, 0.25) is 0 Å². The highest BCUT2D eigenvalue weighted by Crippen LogP contribution is 2.31. The molecule has 6 heteroatoms. The molecule has 5 nitrogen and oxygen atoms in total. The largest absolute Gasteiger partial charge is 0.351 e. The predicted octanol–water partition coefficient (Wildman–Crippen LogP) is 3.38. The maximum Gasteiger partial charge on any atom is 0.223 e. The molecule has 0 atom stereocenters. The zero-order chi connectivity index (χ0) is 17.4. The quantitative estimate of drug-likeness (QED) is 0.792. The molecule has 0 saturated carbocycles. The summed E-state index contributed by atoms with van der Waals surface area (Å²) in [4.78, 5) is 11.4. The van der Waals surface area contributed by atoms with Gasteiger partial charge in [0.2, 0.25) is 5.95 Å². The molecule has 4 N–H and O–H groups in total. The van der Waals surface area contributed by atoms with E-state index in [1.165, 1.54) is 4.88 Å². The number of anilines is 1. The van der Waals surface area contributed by atoms with Gasteiger partial charge in [0.25, 0.3) is 0 Å². The normalized spacial score (nSPS) is 20.0. The highest BCUT2D eigenvalue weighted by atomic mass is 32.1. The first kappa shape index (κ1) is 17.3. The molecule has 3 heterocycles. The summed E-state index contributed by atoms with van der Waals surface area (Å²) in [6.07, 6.45) is 3.91. The first-order chi connectivity index (χ1) is 11.3. The van der Waals surface area contributed by atoms with Crippen LogP contribution in [0.25, 0.3) is 10.6 Å². The summed E-state index contributed by atoms with van der Waals surface area (Å²) in [6, 6.07) is 6.45. The maximum atomic E-state index is 5.71. The van der Waals surface area contributed by atoms with E-state index in [0.29, 0.717) is 18.5 Å². The minimum atomic E-state index is 0.0980. The van der Waals surface area contributed by atoms with Gasteiger partial charge in [-0.15, -0.1) is 11.3 Å². The van der Waals surface area contributed by atoms with Crippen LogP contribution in [0.5, 0.6) is 0 Å². The van der Waals surface area contributed by atoms with Crippen molar-refractivity contribution in [1.29, 1.82) is 0 Å². The van der Waals surface area contributed by atoms with Crippen molar-refractivity contribution in [2.45, 2.75) is 64.2 Å². The van der Waals surface area contributed by atoms with Gasteiger partial charge in [0, 0.05) is 34.7 Å². The molecular formula is C18H27N5S. The van der Waals surface area contributed by atoms with Gasteiger partial charge in [-0.1, -0.05) is 0 Å². The molecule has 3 rings (SSSR count). The number of nitrogens with zero attached hydrogens (tertiary/aromatic N) is 2. The van der Waals surface area contributed by atoms with Gasteiger partial charge in [-0.05, 0) is 58.7 Å². The lowest BCUT2D eigenvalue weighted by Crippen LogP contribution is -2.60. The number of hydrogen-bond acceptors (Lipinski definition) is 6. The lowest BCUT2D eigenvalue weighted by atomic mass is 9.80. The molecule has 2 aromatic heterocycles. The first-order valence-electron chi connectivity index (χ1n) is 8.44. The van der Waals surface area contributed by atoms with E-state index in [0.717, 1.165) is 23.4 Å². The van der Waals surface area contributed by atoms with Crippen LogP contribution in [-0.4, -0.2) is 27.1 Å². The van der Waals surface area contributed by atoms with E-state index in [9.17, 15) is 0 Å². The highest BCUT2D eigenvalue weighted by molar-refractivity contribution is 7.15. The van der Waals surface area contributed by atoms with Crippen LogP contribution in [0.15, 0.2) is 24.4 Å². The third kappa shape index (κ3) is 4.12. The van der Waals surface area contributed by atoms with Crippen LogP contribution in [0.3, 0.4) is 0 Å². The number of thiophene rings is 1. The fourth-order valence-electron chi connectivity index (χ4n) is 3.80. The average molecular weight is 346 g/mol. The molecule has 0 aromatic carbocycles. The Balaban J connectivity index is 1.77. The number of hydrogen-bond donors (Lipinski definition) is 3. The number of rotatable bonds is 4. The standard InChI is InChI=1S/C18H27N5S/c1-17(2)9-12(10-18(3,4)23-17)21-16-20-8-7-14(22-16)15-6-5-13(11-19)24-15/h5-8,12,23H,9-11,19H2,1-4H3,(H,20,21,22). The lowest BCUT2D eigenvalue weighted by molar-refractivity contribution is 0.170. The van der Waals surface area contributed by atoms with Crippen molar-refractivity contribution < 1.29 is 0 Å². The molecule has 0 amide bonds. The lowest BCUT2D eigenvalue weighted by Gasteiger charge is -2.46. The van der Waals surface area contributed by atoms with E-state index in [1.807, 2.05) is 12.3 Å². The van der Waals surface area contributed by atoms with Gasteiger partial charge in [0.05, 0.1) is 10.6 Å². The van der Waals surface area contributed by atoms with E-state index in [2.05, 4.69) is 55.4 Å². The van der Waals surface area contributed by atoms with Gasteiger partial charge < -0.3 is 16.4 Å². The van der Waals surface area contributed by atoms with Crippen molar-refractivity contribution in [3.05, 3.63) is 29.3 Å². The highest BCUT2D eigenvalue weighted by Gasteiger charge is 2.37. The van der Waals surface area contributed by atoms with Crippen molar-refractivity contribution in [1.82, 2.24) is 15.3 Å². The van der Waals surface area contributed by atoms with Crippen molar-refractivity contribution >= 4 is 17.3 Å².